The van der Waals surface area contributed by atoms with E-state index in [4.69, 9.17) is 14.7 Å². The molecule has 2 N–H and O–H groups in total. The minimum absolute atomic E-state index is 0.387. The van der Waals surface area contributed by atoms with E-state index in [0.717, 1.165) is 69.3 Å². The molecule has 2 aliphatic heterocycles. The van der Waals surface area contributed by atoms with Crippen LogP contribution < -0.4 is 20.4 Å². The van der Waals surface area contributed by atoms with Gasteiger partial charge in [-0.3, -0.25) is 4.79 Å². The van der Waals surface area contributed by atoms with E-state index < -0.39 is 11.7 Å². The van der Waals surface area contributed by atoms with Crippen LogP contribution in [0.15, 0.2) is 41.4 Å². The van der Waals surface area contributed by atoms with Gasteiger partial charge in [0.15, 0.2) is 0 Å². The molecule has 2 saturated heterocycles. The Morgan fingerprint density at radius 3 is 1.92 bits per heavy atom. The zero-order valence-electron chi connectivity index (χ0n) is 33.1. The fraction of sp³-hybridized carbons (Fsp3) is 0.526. The van der Waals surface area contributed by atoms with Crippen LogP contribution in [0.1, 0.15) is 58.2 Å². The summed E-state index contributed by atoms with van der Waals surface area (Å²) in [5.41, 5.74) is 6.10. The summed E-state index contributed by atoms with van der Waals surface area (Å²) in [4.78, 5) is 45.4. The molecule has 14 nitrogen and oxygen atoms in total. The van der Waals surface area contributed by atoms with E-state index in [1.165, 1.54) is 31.0 Å². The van der Waals surface area contributed by atoms with Crippen LogP contribution >= 0.6 is 0 Å². The van der Waals surface area contributed by atoms with Gasteiger partial charge in [-0.2, -0.15) is 4.99 Å². The fourth-order valence-corrected chi connectivity index (χ4v) is 5.19. The van der Waals surface area contributed by atoms with Gasteiger partial charge in [0.05, 0.1) is 6.34 Å². The van der Waals surface area contributed by atoms with Crippen LogP contribution in [-0.4, -0.2) is 119 Å². The monoisotopic (exact) mass is 732 g/mol. The molecule has 15 heteroatoms. The summed E-state index contributed by atoms with van der Waals surface area (Å²) >= 11 is 0. The molecule has 53 heavy (non-hydrogen) atoms. The normalized spacial score (nSPS) is 14.5. The molecule has 0 aliphatic carbocycles. The van der Waals surface area contributed by atoms with Crippen molar-refractivity contribution in [2.75, 3.05) is 74.5 Å². The number of benzene rings is 2. The second-order valence-corrected chi connectivity index (χ2v) is 14.5. The molecule has 0 unspecified atom stereocenters. The van der Waals surface area contributed by atoms with Crippen molar-refractivity contribution in [1.82, 2.24) is 15.1 Å². The summed E-state index contributed by atoms with van der Waals surface area (Å²) in [5.74, 6) is 0. The van der Waals surface area contributed by atoms with Crippen molar-refractivity contribution >= 4 is 55.2 Å². The first-order valence-corrected chi connectivity index (χ1v) is 17.7. The summed E-state index contributed by atoms with van der Waals surface area (Å²) in [6, 6.07) is 12.5. The van der Waals surface area contributed by atoms with E-state index in [1.807, 2.05) is 77.7 Å². The van der Waals surface area contributed by atoms with Crippen LogP contribution in [0.25, 0.3) is 0 Å². The number of nitriles is 1. The molecule has 0 saturated carbocycles. The SMILES string of the molecule is CNC(=O)OC(C)(C)C.Cc1cc(NC=O)ccc1N1CCN(/C=N/C(=O)OC(C)(C)C)CC1.Cc1ccc(N2CCN(C=BOC#N)CC2)cc1C. The Bertz CT molecular complexity index is 1580. The molecule has 288 valence electrons. The predicted octanol–water partition coefficient (Wildman–Crippen LogP) is 5.09. The number of aryl methyl sites for hydroxylation is 3. The number of amides is 3. The number of aliphatic imine (C=N–C) groups is 1. The Labute approximate surface area is 316 Å². The Kier molecular flexibility index (Phi) is 17.7. The van der Waals surface area contributed by atoms with E-state index in [2.05, 4.69) is 67.0 Å². The van der Waals surface area contributed by atoms with Gasteiger partial charge in [-0.25, -0.2) is 9.59 Å². The van der Waals surface area contributed by atoms with E-state index in [9.17, 15) is 14.4 Å². The van der Waals surface area contributed by atoms with E-state index in [0.29, 0.717) is 6.41 Å². The van der Waals surface area contributed by atoms with Gasteiger partial charge in [-0.05, 0) is 72.2 Å². The molecule has 0 aromatic heterocycles. The van der Waals surface area contributed by atoms with Crippen LogP contribution in [-0.2, 0) is 18.9 Å². The fourth-order valence-electron chi connectivity index (χ4n) is 5.19. The quantitative estimate of drug-likeness (QED) is 0.129. The zero-order valence-corrected chi connectivity index (χ0v) is 33.1. The van der Waals surface area contributed by atoms with Gasteiger partial charge in [0.2, 0.25) is 6.41 Å². The third kappa shape index (κ3) is 17.2. The van der Waals surface area contributed by atoms with Crippen molar-refractivity contribution < 1.29 is 28.5 Å². The summed E-state index contributed by atoms with van der Waals surface area (Å²) in [6.45, 7) is 24.3. The van der Waals surface area contributed by atoms with Crippen molar-refractivity contribution in [3.8, 4) is 6.26 Å². The number of hydrogen-bond acceptors (Lipinski definition) is 10. The number of carbonyl (C=O) groups is 3. The van der Waals surface area contributed by atoms with Crippen LogP contribution in [0.2, 0.25) is 0 Å². The Balaban J connectivity index is 0.000000306. The van der Waals surface area contributed by atoms with Gasteiger partial charge in [0.25, 0.3) is 0 Å². The number of hydrogen-bond donors (Lipinski definition) is 2. The maximum atomic E-state index is 11.6. The van der Waals surface area contributed by atoms with E-state index >= 15 is 0 Å². The predicted molar refractivity (Wildman–Crippen MR) is 213 cm³/mol. The molecular weight excluding hydrogens is 675 g/mol. The number of nitrogens with one attached hydrogen (secondary N) is 2. The van der Waals surface area contributed by atoms with Gasteiger partial charge in [0.1, 0.15) is 11.2 Å². The van der Waals surface area contributed by atoms with E-state index in [1.54, 1.807) is 12.6 Å². The molecule has 0 spiro atoms. The van der Waals surface area contributed by atoms with Crippen LogP contribution in [0.4, 0.5) is 26.7 Å². The first-order chi connectivity index (χ1) is 24.9. The minimum atomic E-state index is -0.566. The van der Waals surface area contributed by atoms with Gasteiger partial charge < -0.3 is 29.9 Å². The first-order valence-electron chi connectivity index (χ1n) is 17.7. The Morgan fingerprint density at radius 1 is 0.811 bits per heavy atom. The molecule has 0 atom stereocenters. The number of nitrogens with zero attached hydrogens (tertiary/aromatic N) is 6. The number of rotatable bonds is 7. The number of carbonyl (C=O) groups excluding carboxylic acids is 3. The van der Waals surface area contributed by atoms with Crippen LogP contribution in [0, 0.1) is 32.3 Å². The molecule has 2 heterocycles. The summed E-state index contributed by atoms with van der Waals surface area (Å²) in [7, 11) is 2.97. The second kappa shape index (κ2) is 21.3. The summed E-state index contributed by atoms with van der Waals surface area (Å²) in [6.07, 6.45) is 4.75. The number of ether oxygens (including phenoxy) is 2. The second-order valence-electron chi connectivity index (χ2n) is 14.5. The molecule has 0 bridgehead atoms. The number of alkyl carbamates (subject to hydrolysis) is 1. The molecular formula is C38H57BN8O6. The van der Waals surface area contributed by atoms with Crippen molar-refractivity contribution in [2.45, 2.75) is 73.5 Å². The van der Waals surface area contributed by atoms with E-state index in [-0.39, 0.29) is 11.7 Å². The number of anilines is 3. The molecule has 3 amide bonds. The average molecular weight is 733 g/mol. The van der Waals surface area contributed by atoms with Crippen molar-refractivity contribution in [1.29, 1.82) is 5.26 Å². The zero-order chi connectivity index (χ0) is 39.6. The third-order valence-corrected chi connectivity index (χ3v) is 7.96. The molecule has 2 fully saturated rings. The molecule has 2 aliphatic rings. The molecule has 2 aromatic carbocycles. The van der Waals surface area contributed by atoms with Crippen molar-refractivity contribution in [3.05, 3.63) is 53.1 Å². The molecule has 0 radical (unpaired) electrons. The standard InChI is InChI=1S/C18H26N4O3.C14H18BN3O.C6H13NO2/c1-14-11-15(20-13-23)5-6-16(14)22-9-7-21(8-10-22)12-19-17(24)25-18(2,3)4;1-12-3-4-14(9-13(12)2)18-7-5-17(6-8-18)10-15-19-11-16;1-6(2,3)9-5(8)7-4/h5-6,11-13H,7-10H2,1-4H3,(H,20,23);3-4,9-10H,5-8H2,1-2H3;1-4H3,(H,7,8)/b19-12+;;. The maximum absolute atomic E-state index is 11.6. The summed E-state index contributed by atoms with van der Waals surface area (Å²) in [5, 5.41) is 13.3. The van der Waals surface area contributed by atoms with Gasteiger partial charge in [0, 0.05) is 44.6 Å². The average Bonchev–Trinajstić information content (AvgIpc) is 3.09. The molecule has 4 rings (SSSR count). The summed E-state index contributed by atoms with van der Waals surface area (Å²) < 4.78 is 14.5. The molecule has 2 aromatic rings. The van der Waals surface area contributed by atoms with Crippen molar-refractivity contribution in [3.63, 3.8) is 0 Å². The number of piperazine rings is 2. The topological polar surface area (TPSA) is 152 Å². The van der Waals surface area contributed by atoms with Gasteiger partial charge >= 0.3 is 126 Å². The first kappa shape index (κ1) is 43.9. The van der Waals surface area contributed by atoms with Crippen LogP contribution in [0.3, 0.4) is 0 Å². The Hall–Kier alpha value is -5.26. The van der Waals surface area contributed by atoms with Crippen molar-refractivity contribution in [2.24, 2.45) is 4.99 Å². The van der Waals surface area contributed by atoms with Crippen LogP contribution in [0.5, 0.6) is 0 Å². The van der Waals surface area contributed by atoms with Gasteiger partial charge in [-0.1, -0.05) is 0 Å². The van der Waals surface area contributed by atoms with Gasteiger partial charge in [-0.15, -0.1) is 0 Å². The Morgan fingerprint density at radius 2 is 1.42 bits per heavy atom. The third-order valence-electron chi connectivity index (χ3n) is 7.96.